The summed E-state index contributed by atoms with van der Waals surface area (Å²) in [4.78, 5) is 49.1. The number of methoxy groups -OCH3 is 1. The summed E-state index contributed by atoms with van der Waals surface area (Å²) in [6.45, 7) is 13.4. The van der Waals surface area contributed by atoms with E-state index >= 15 is 0 Å². The number of hydrogen-bond acceptors (Lipinski definition) is 7. The largest absolute Gasteiger partial charge is 0.481 e. The van der Waals surface area contributed by atoms with E-state index in [1.807, 2.05) is 6.92 Å². The molecule has 0 aliphatic carbocycles. The van der Waals surface area contributed by atoms with Crippen LogP contribution in [0.25, 0.3) is 0 Å². The van der Waals surface area contributed by atoms with E-state index in [1.165, 1.54) is 21.0 Å². The van der Waals surface area contributed by atoms with Gasteiger partial charge in [0.2, 0.25) is 0 Å². The Morgan fingerprint density at radius 2 is 1.16 bits per heavy atom. The highest BCUT2D eigenvalue weighted by Crippen LogP contribution is 2.45. The Hall–Kier alpha value is -2.12. The summed E-state index contributed by atoms with van der Waals surface area (Å²) in [6.07, 6.45) is 1.04. The SMILES string of the molecule is CCC(C)(C)C(=O)OCCOC(=O)C(C)(CC)CC(C)(CC(C)(C)C(=O)O)C(=O)OC. The molecule has 0 aromatic rings. The van der Waals surface area contributed by atoms with Crippen molar-refractivity contribution in [1.82, 2.24) is 0 Å². The lowest BCUT2D eigenvalue weighted by molar-refractivity contribution is -0.169. The van der Waals surface area contributed by atoms with Crippen LogP contribution in [-0.4, -0.2) is 49.3 Å². The Morgan fingerprint density at radius 3 is 1.55 bits per heavy atom. The maximum absolute atomic E-state index is 12.9. The second-order valence-electron chi connectivity index (χ2n) is 10.0. The average Bonchev–Trinajstić information content (AvgIpc) is 2.69. The molecule has 0 aromatic carbocycles. The van der Waals surface area contributed by atoms with Gasteiger partial charge >= 0.3 is 23.9 Å². The molecule has 0 saturated heterocycles. The molecule has 0 radical (unpaired) electrons. The molecule has 180 valence electrons. The first-order valence-electron chi connectivity index (χ1n) is 10.7. The zero-order valence-electron chi connectivity index (χ0n) is 20.5. The number of carboxylic acids is 1. The first-order valence-corrected chi connectivity index (χ1v) is 10.7. The highest BCUT2D eigenvalue weighted by atomic mass is 16.6. The third-order valence-electron chi connectivity index (χ3n) is 6.13. The van der Waals surface area contributed by atoms with Crippen LogP contribution in [-0.2, 0) is 33.4 Å². The Bertz CT molecular complexity index is 666. The van der Waals surface area contributed by atoms with Gasteiger partial charge in [-0.15, -0.1) is 0 Å². The fraction of sp³-hybridized carbons (Fsp3) is 0.826. The molecule has 2 unspecified atom stereocenters. The smallest absolute Gasteiger partial charge is 0.311 e. The number of aliphatic carboxylic acids is 1. The van der Waals surface area contributed by atoms with Crippen LogP contribution >= 0.6 is 0 Å². The quantitative estimate of drug-likeness (QED) is 0.257. The Morgan fingerprint density at radius 1 is 0.677 bits per heavy atom. The summed E-state index contributed by atoms with van der Waals surface area (Å²) in [5.74, 6) is -2.52. The number of carbonyl (C=O) groups is 4. The molecule has 0 heterocycles. The van der Waals surface area contributed by atoms with Crippen LogP contribution in [0.1, 0.15) is 81.1 Å². The van der Waals surface area contributed by atoms with Gasteiger partial charge < -0.3 is 19.3 Å². The molecule has 2 atom stereocenters. The molecule has 0 aliphatic heterocycles. The molecule has 31 heavy (non-hydrogen) atoms. The maximum atomic E-state index is 12.9. The van der Waals surface area contributed by atoms with E-state index in [0.29, 0.717) is 12.8 Å². The summed E-state index contributed by atoms with van der Waals surface area (Å²) in [7, 11) is 1.24. The molecule has 0 fully saturated rings. The van der Waals surface area contributed by atoms with Gasteiger partial charge in [-0.2, -0.15) is 0 Å². The predicted molar refractivity (Wildman–Crippen MR) is 115 cm³/mol. The van der Waals surface area contributed by atoms with Gasteiger partial charge in [0, 0.05) is 0 Å². The topological polar surface area (TPSA) is 116 Å². The van der Waals surface area contributed by atoms with E-state index in [4.69, 9.17) is 14.2 Å². The second-order valence-corrected chi connectivity index (χ2v) is 10.0. The van der Waals surface area contributed by atoms with Gasteiger partial charge in [0.25, 0.3) is 0 Å². The van der Waals surface area contributed by atoms with E-state index in [2.05, 4.69) is 0 Å². The predicted octanol–water partition coefficient (Wildman–Crippen LogP) is 4.00. The third kappa shape index (κ3) is 7.82. The van der Waals surface area contributed by atoms with Crippen molar-refractivity contribution in [3.63, 3.8) is 0 Å². The van der Waals surface area contributed by atoms with Gasteiger partial charge in [0.1, 0.15) is 13.2 Å². The molecule has 8 heteroatoms. The zero-order valence-corrected chi connectivity index (χ0v) is 20.5. The lowest BCUT2D eigenvalue weighted by Crippen LogP contribution is -2.44. The highest BCUT2D eigenvalue weighted by Gasteiger charge is 2.49. The van der Waals surface area contributed by atoms with Crippen molar-refractivity contribution in [3.8, 4) is 0 Å². The van der Waals surface area contributed by atoms with Crippen LogP contribution < -0.4 is 0 Å². The van der Waals surface area contributed by atoms with Crippen molar-refractivity contribution in [3.05, 3.63) is 0 Å². The van der Waals surface area contributed by atoms with Crippen LogP contribution in [0.5, 0.6) is 0 Å². The molecule has 0 bridgehead atoms. The first-order chi connectivity index (χ1) is 14.0. The van der Waals surface area contributed by atoms with Gasteiger partial charge in [-0.25, -0.2) is 0 Å². The van der Waals surface area contributed by atoms with Crippen molar-refractivity contribution >= 4 is 23.9 Å². The molecule has 0 spiro atoms. The van der Waals surface area contributed by atoms with E-state index in [1.54, 1.807) is 34.6 Å². The van der Waals surface area contributed by atoms with Crippen LogP contribution in [0.15, 0.2) is 0 Å². The first kappa shape index (κ1) is 28.9. The Balaban J connectivity index is 5.31. The molecule has 0 rings (SSSR count). The lowest BCUT2D eigenvalue weighted by atomic mass is 9.65. The van der Waals surface area contributed by atoms with Crippen molar-refractivity contribution in [2.75, 3.05) is 20.3 Å². The third-order valence-corrected chi connectivity index (χ3v) is 6.13. The number of hydrogen-bond donors (Lipinski definition) is 1. The Kier molecular flexibility index (Phi) is 10.2. The van der Waals surface area contributed by atoms with Crippen LogP contribution in [0, 0.1) is 21.7 Å². The minimum absolute atomic E-state index is 0.00537. The van der Waals surface area contributed by atoms with Gasteiger partial charge in [-0.1, -0.05) is 13.8 Å². The molecule has 0 amide bonds. The Labute approximate surface area is 186 Å². The molecular weight excluding hydrogens is 404 g/mol. The molecule has 0 aromatic heterocycles. The van der Waals surface area contributed by atoms with Gasteiger partial charge in [0.05, 0.1) is 28.8 Å². The zero-order chi connectivity index (χ0) is 24.7. The number of ether oxygens (including phenoxy) is 3. The summed E-state index contributed by atoms with van der Waals surface area (Å²) in [5.41, 5.74) is -4.06. The van der Waals surface area contributed by atoms with Crippen LogP contribution in [0.2, 0.25) is 0 Å². The minimum Gasteiger partial charge on any atom is -0.481 e. The summed E-state index contributed by atoms with van der Waals surface area (Å²) in [6, 6.07) is 0. The molecule has 0 aliphatic rings. The van der Waals surface area contributed by atoms with Crippen molar-refractivity contribution in [2.24, 2.45) is 21.7 Å². The van der Waals surface area contributed by atoms with E-state index < -0.39 is 39.6 Å². The monoisotopic (exact) mass is 444 g/mol. The van der Waals surface area contributed by atoms with Crippen LogP contribution in [0.3, 0.4) is 0 Å². The van der Waals surface area contributed by atoms with Gasteiger partial charge in [-0.3, -0.25) is 19.2 Å². The maximum Gasteiger partial charge on any atom is 0.311 e. The summed E-state index contributed by atoms with van der Waals surface area (Å²) >= 11 is 0. The highest BCUT2D eigenvalue weighted by molar-refractivity contribution is 5.82. The molecule has 1 N–H and O–H groups in total. The second kappa shape index (κ2) is 11.0. The van der Waals surface area contributed by atoms with Crippen molar-refractivity contribution in [2.45, 2.75) is 81.1 Å². The summed E-state index contributed by atoms with van der Waals surface area (Å²) < 4.78 is 15.5. The normalized spacial score (nSPS) is 15.9. The fourth-order valence-corrected chi connectivity index (χ4v) is 3.49. The van der Waals surface area contributed by atoms with E-state index in [9.17, 15) is 24.3 Å². The van der Waals surface area contributed by atoms with Crippen molar-refractivity contribution < 1.29 is 38.5 Å². The number of esters is 3. The minimum atomic E-state index is -1.21. The standard InChI is InChI=1S/C23H40O8/c1-10-20(3,4)17(26)30-12-13-31-19(28)22(7,11-2)15-23(8,18(27)29-9)14-21(5,6)16(24)25/h10-15H2,1-9H3,(H,24,25). The van der Waals surface area contributed by atoms with Gasteiger partial charge in [-0.05, 0) is 67.2 Å². The number of rotatable bonds is 13. The fourth-order valence-electron chi connectivity index (χ4n) is 3.49. The summed E-state index contributed by atoms with van der Waals surface area (Å²) in [5, 5.41) is 9.50. The van der Waals surface area contributed by atoms with Gasteiger partial charge in [0.15, 0.2) is 0 Å². The van der Waals surface area contributed by atoms with E-state index in [0.717, 1.165) is 0 Å². The van der Waals surface area contributed by atoms with E-state index in [-0.39, 0.29) is 32.0 Å². The average molecular weight is 445 g/mol. The number of carboxylic acid groups (broad SMARTS) is 1. The molecule has 0 saturated carbocycles. The van der Waals surface area contributed by atoms with Crippen molar-refractivity contribution in [1.29, 1.82) is 0 Å². The lowest BCUT2D eigenvalue weighted by Gasteiger charge is -2.38. The number of carbonyl (C=O) groups excluding carboxylic acids is 3. The molecule has 8 nitrogen and oxygen atoms in total. The van der Waals surface area contributed by atoms with Crippen LogP contribution in [0.4, 0.5) is 0 Å². The molecular formula is C23H40O8.